The van der Waals surface area contributed by atoms with Crippen LogP contribution in [0, 0.1) is 5.41 Å². The molecular formula is C11H25N5. The fraction of sp³-hybridized carbons (Fsp3) is 0.818. The van der Waals surface area contributed by atoms with Crippen LogP contribution >= 0.6 is 0 Å². The van der Waals surface area contributed by atoms with Gasteiger partial charge in [-0.2, -0.15) is 4.99 Å². The molecule has 0 amide bonds. The zero-order valence-electron chi connectivity index (χ0n) is 10.7. The number of nitrogens with zero attached hydrogens (tertiary/aromatic N) is 1. The Bertz CT molecular complexity index is 212. The maximum atomic E-state index is 7.60. The van der Waals surface area contributed by atoms with Crippen LogP contribution in [-0.2, 0) is 0 Å². The molecule has 0 rings (SSSR count). The predicted octanol–water partition coefficient (Wildman–Crippen LogP) is 1.28. The molecule has 4 N–H and O–H groups in total. The van der Waals surface area contributed by atoms with E-state index in [0.29, 0.717) is 5.96 Å². The molecule has 0 radical (unpaired) electrons. The van der Waals surface area contributed by atoms with Crippen LogP contribution in [0.5, 0.6) is 0 Å². The Morgan fingerprint density at radius 3 is 2.12 bits per heavy atom. The molecule has 0 saturated heterocycles. The monoisotopic (exact) mass is 227 g/mol. The standard InChI is InChI=1S/C11H25N5/c1-4-6-8-14-10(12)16-11(13-3)15-9-7-5-2/h4-9H2,1-3H3,(H4,12,13,14,15,16). The molecular weight excluding hydrogens is 202 g/mol. The van der Waals surface area contributed by atoms with Crippen molar-refractivity contribution < 1.29 is 0 Å². The van der Waals surface area contributed by atoms with Gasteiger partial charge in [-0.15, -0.1) is 0 Å². The van der Waals surface area contributed by atoms with Crippen molar-refractivity contribution in [2.45, 2.75) is 39.5 Å². The first-order chi connectivity index (χ1) is 7.74. The molecule has 16 heavy (non-hydrogen) atoms. The molecule has 0 bridgehead atoms. The summed E-state index contributed by atoms with van der Waals surface area (Å²) in [6, 6.07) is 0. The molecule has 0 saturated carbocycles. The number of hydrogen-bond acceptors (Lipinski definition) is 1. The molecule has 94 valence electrons. The van der Waals surface area contributed by atoms with Crippen LogP contribution in [0.25, 0.3) is 0 Å². The summed E-state index contributed by atoms with van der Waals surface area (Å²) >= 11 is 0. The van der Waals surface area contributed by atoms with Crippen LogP contribution in [-0.4, -0.2) is 32.1 Å². The summed E-state index contributed by atoms with van der Waals surface area (Å²) in [6.07, 6.45) is 4.45. The third-order valence-corrected chi connectivity index (χ3v) is 2.11. The van der Waals surface area contributed by atoms with E-state index >= 15 is 0 Å². The van der Waals surface area contributed by atoms with Crippen molar-refractivity contribution in [1.29, 1.82) is 5.41 Å². The molecule has 0 heterocycles. The SMILES string of the molecule is CCCCNC(=N)/N=C(\NC)NCCCC. The van der Waals surface area contributed by atoms with Crippen LogP contribution in [0.2, 0.25) is 0 Å². The first-order valence-electron chi connectivity index (χ1n) is 6.07. The Morgan fingerprint density at radius 1 is 1.06 bits per heavy atom. The van der Waals surface area contributed by atoms with E-state index in [9.17, 15) is 0 Å². The maximum Gasteiger partial charge on any atom is 0.218 e. The molecule has 0 spiro atoms. The van der Waals surface area contributed by atoms with Crippen LogP contribution in [0.1, 0.15) is 39.5 Å². The van der Waals surface area contributed by atoms with Crippen molar-refractivity contribution in [2.75, 3.05) is 20.1 Å². The third-order valence-electron chi connectivity index (χ3n) is 2.11. The number of guanidine groups is 2. The van der Waals surface area contributed by atoms with Gasteiger partial charge in [-0.1, -0.05) is 26.7 Å². The minimum Gasteiger partial charge on any atom is -0.359 e. The van der Waals surface area contributed by atoms with Gasteiger partial charge in [0.1, 0.15) is 0 Å². The predicted molar refractivity (Wildman–Crippen MR) is 70.0 cm³/mol. The number of hydrogen-bond donors (Lipinski definition) is 4. The van der Waals surface area contributed by atoms with Gasteiger partial charge in [-0.25, -0.2) is 0 Å². The van der Waals surface area contributed by atoms with Gasteiger partial charge in [0, 0.05) is 20.1 Å². The largest absolute Gasteiger partial charge is 0.359 e. The number of aliphatic imine (C=N–C) groups is 1. The highest BCUT2D eigenvalue weighted by Crippen LogP contribution is 1.84. The van der Waals surface area contributed by atoms with Crippen LogP contribution in [0.15, 0.2) is 4.99 Å². The van der Waals surface area contributed by atoms with Gasteiger partial charge in [0.15, 0.2) is 5.96 Å². The van der Waals surface area contributed by atoms with Gasteiger partial charge in [0.05, 0.1) is 0 Å². The molecule has 0 fully saturated rings. The highest BCUT2D eigenvalue weighted by molar-refractivity contribution is 5.93. The molecule has 0 aromatic rings. The topological polar surface area (TPSA) is 72.3 Å². The zero-order chi connectivity index (χ0) is 12.2. The molecule has 0 aliphatic heterocycles. The molecule has 0 aliphatic carbocycles. The molecule has 0 aliphatic rings. The fourth-order valence-electron chi connectivity index (χ4n) is 1.10. The third kappa shape index (κ3) is 8.08. The minimum atomic E-state index is 0.210. The Morgan fingerprint density at radius 2 is 1.62 bits per heavy atom. The summed E-state index contributed by atoms with van der Waals surface area (Å²) in [7, 11) is 1.80. The normalized spacial score (nSPS) is 11.1. The summed E-state index contributed by atoms with van der Waals surface area (Å²) in [4.78, 5) is 4.11. The second kappa shape index (κ2) is 10.3. The van der Waals surface area contributed by atoms with E-state index in [2.05, 4.69) is 34.8 Å². The molecule has 0 atom stereocenters. The lowest BCUT2D eigenvalue weighted by atomic mass is 10.3. The van der Waals surface area contributed by atoms with Crippen molar-refractivity contribution >= 4 is 11.9 Å². The lowest BCUT2D eigenvalue weighted by Gasteiger charge is -2.09. The molecule has 0 aromatic heterocycles. The summed E-state index contributed by atoms with van der Waals surface area (Å²) in [5, 5.41) is 16.6. The van der Waals surface area contributed by atoms with E-state index in [1.165, 1.54) is 0 Å². The second-order valence-corrected chi connectivity index (χ2v) is 3.62. The number of unbranched alkanes of at least 4 members (excludes halogenated alkanes) is 2. The average Bonchev–Trinajstić information content (AvgIpc) is 2.28. The van der Waals surface area contributed by atoms with E-state index in [1.54, 1.807) is 7.05 Å². The summed E-state index contributed by atoms with van der Waals surface area (Å²) in [5.74, 6) is 0.865. The first-order valence-corrected chi connectivity index (χ1v) is 6.07. The van der Waals surface area contributed by atoms with Gasteiger partial charge in [0.2, 0.25) is 5.96 Å². The van der Waals surface area contributed by atoms with E-state index in [0.717, 1.165) is 38.8 Å². The Balaban J connectivity index is 3.87. The summed E-state index contributed by atoms with van der Waals surface area (Å²) < 4.78 is 0. The van der Waals surface area contributed by atoms with Crippen molar-refractivity contribution in [2.24, 2.45) is 4.99 Å². The molecule has 5 nitrogen and oxygen atoms in total. The van der Waals surface area contributed by atoms with Gasteiger partial charge < -0.3 is 16.0 Å². The zero-order valence-corrected chi connectivity index (χ0v) is 10.7. The van der Waals surface area contributed by atoms with Gasteiger partial charge in [-0.3, -0.25) is 5.41 Å². The van der Waals surface area contributed by atoms with Crippen molar-refractivity contribution in [3.63, 3.8) is 0 Å². The molecule has 0 aromatic carbocycles. The molecule has 0 unspecified atom stereocenters. The summed E-state index contributed by atoms with van der Waals surface area (Å²) in [5.41, 5.74) is 0. The van der Waals surface area contributed by atoms with Crippen LogP contribution < -0.4 is 16.0 Å². The van der Waals surface area contributed by atoms with Crippen LogP contribution in [0.4, 0.5) is 0 Å². The van der Waals surface area contributed by atoms with Crippen LogP contribution in [0.3, 0.4) is 0 Å². The smallest absolute Gasteiger partial charge is 0.218 e. The van der Waals surface area contributed by atoms with E-state index < -0.39 is 0 Å². The minimum absolute atomic E-state index is 0.210. The van der Waals surface area contributed by atoms with Crippen molar-refractivity contribution in [3.8, 4) is 0 Å². The summed E-state index contributed by atoms with van der Waals surface area (Å²) in [6.45, 7) is 5.97. The second-order valence-electron chi connectivity index (χ2n) is 3.62. The Hall–Kier alpha value is -1.26. The van der Waals surface area contributed by atoms with E-state index in [4.69, 9.17) is 5.41 Å². The number of rotatable bonds is 6. The quantitative estimate of drug-likeness (QED) is 0.314. The van der Waals surface area contributed by atoms with E-state index in [-0.39, 0.29) is 5.96 Å². The highest BCUT2D eigenvalue weighted by Gasteiger charge is 1.97. The van der Waals surface area contributed by atoms with Crippen molar-refractivity contribution in [3.05, 3.63) is 0 Å². The maximum absolute atomic E-state index is 7.60. The lowest BCUT2D eigenvalue weighted by molar-refractivity contribution is 0.737. The van der Waals surface area contributed by atoms with Gasteiger partial charge >= 0.3 is 0 Å². The van der Waals surface area contributed by atoms with Crippen molar-refractivity contribution in [1.82, 2.24) is 16.0 Å². The highest BCUT2D eigenvalue weighted by atomic mass is 15.2. The fourth-order valence-corrected chi connectivity index (χ4v) is 1.10. The lowest BCUT2D eigenvalue weighted by Crippen LogP contribution is -2.37. The number of nitrogens with one attached hydrogen (secondary N) is 4. The average molecular weight is 227 g/mol. The first kappa shape index (κ1) is 14.7. The Labute approximate surface area is 98.6 Å². The van der Waals surface area contributed by atoms with Gasteiger partial charge in [0.25, 0.3) is 0 Å². The Kier molecular flexibility index (Phi) is 9.46. The molecule has 5 heteroatoms. The van der Waals surface area contributed by atoms with E-state index in [1.807, 2.05) is 0 Å². The van der Waals surface area contributed by atoms with Gasteiger partial charge in [-0.05, 0) is 12.8 Å².